The fourth-order valence-corrected chi connectivity index (χ4v) is 1.96. The number of imidazole rings is 1. The van der Waals surface area contributed by atoms with Crippen LogP contribution in [0, 0.1) is 5.92 Å². The lowest BCUT2D eigenvalue weighted by Crippen LogP contribution is -2.36. The van der Waals surface area contributed by atoms with E-state index in [1.54, 1.807) is 0 Å². The van der Waals surface area contributed by atoms with Crippen molar-refractivity contribution in [3.8, 4) is 0 Å². The Balaban J connectivity index is 2.77. The van der Waals surface area contributed by atoms with Gasteiger partial charge in [0.05, 0.1) is 24.7 Å². The Kier molecular flexibility index (Phi) is 6.01. The Labute approximate surface area is 117 Å². The average Bonchev–Trinajstić information content (AvgIpc) is 2.74. The molecule has 110 valence electrons. The molecule has 0 spiro atoms. The molecule has 0 aliphatic heterocycles. The predicted molar refractivity (Wildman–Crippen MR) is 79.2 cm³/mol. The van der Waals surface area contributed by atoms with E-state index >= 15 is 0 Å². The van der Waals surface area contributed by atoms with Crippen LogP contribution in [0.2, 0.25) is 0 Å². The number of hydrogen-bond donors (Lipinski definition) is 1. The minimum Gasteiger partial charge on any atom is -0.380 e. The van der Waals surface area contributed by atoms with Gasteiger partial charge in [0, 0.05) is 24.9 Å². The highest BCUT2D eigenvalue weighted by atomic mass is 16.5. The zero-order chi connectivity index (χ0) is 14.5. The zero-order valence-corrected chi connectivity index (χ0v) is 13.2. The Morgan fingerprint density at radius 1 is 1.37 bits per heavy atom. The molecule has 1 unspecified atom stereocenters. The van der Waals surface area contributed by atoms with Gasteiger partial charge in [-0.05, 0) is 33.6 Å². The molecule has 0 radical (unpaired) electrons. The van der Waals surface area contributed by atoms with Gasteiger partial charge in [0.2, 0.25) is 0 Å². The highest BCUT2D eigenvalue weighted by molar-refractivity contribution is 5.01. The standard InChI is InChI=1S/C15H29N3O/c1-7-19-10-14(12(2)3)18-11-16-8-13(18)9-17-15(4,5)6/h8,11-12,14,17H,7,9-10H2,1-6H3. The first-order chi connectivity index (χ1) is 8.85. The SMILES string of the molecule is CCOCC(C(C)C)n1cncc1CNC(C)(C)C. The number of nitrogens with zero attached hydrogens (tertiary/aromatic N) is 2. The molecule has 0 bridgehead atoms. The molecular weight excluding hydrogens is 238 g/mol. The van der Waals surface area contributed by atoms with Crippen LogP contribution in [-0.4, -0.2) is 28.3 Å². The normalized spacial score (nSPS) is 14.1. The number of rotatable bonds is 7. The summed E-state index contributed by atoms with van der Waals surface area (Å²) in [5, 5.41) is 3.51. The van der Waals surface area contributed by atoms with Crippen LogP contribution in [0.4, 0.5) is 0 Å². The van der Waals surface area contributed by atoms with Crippen LogP contribution >= 0.6 is 0 Å². The van der Waals surface area contributed by atoms with Gasteiger partial charge in [-0.3, -0.25) is 0 Å². The lowest BCUT2D eigenvalue weighted by Gasteiger charge is -2.26. The summed E-state index contributed by atoms with van der Waals surface area (Å²) < 4.78 is 7.86. The molecule has 1 heterocycles. The number of hydrogen-bond acceptors (Lipinski definition) is 3. The Morgan fingerprint density at radius 3 is 2.58 bits per heavy atom. The monoisotopic (exact) mass is 267 g/mol. The highest BCUT2D eigenvalue weighted by Crippen LogP contribution is 2.20. The van der Waals surface area contributed by atoms with Crippen molar-refractivity contribution in [2.75, 3.05) is 13.2 Å². The fraction of sp³-hybridized carbons (Fsp3) is 0.800. The highest BCUT2D eigenvalue weighted by Gasteiger charge is 2.19. The molecule has 0 aromatic carbocycles. The van der Waals surface area contributed by atoms with Gasteiger partial charge in [0.1, 0.15) is 0 Å². The first kappa shape index (κ1) is 16.2. The summed E-state index contributed by atoms with van der Waals surface area (Å²) in [5.74, 6) is 0.522. The van der Waals surface area contributed by atoms with E-state index in [0.717, 1.165) is 19.8 Å². The molecule has 1 aromatic rings. The second-order valence-electron chi connectivity index (χ2n) is 6.37. The van der Waals surface area contributed by atoms with E-state index in [2.05, 4.69) is 49.5 Å². The lowest BCUT2D eigenvalue weighted by molar-refractivity contribution is 0.0951. The molecule has 0 amide bonds. The second-order valence-corrected chi connectivity index (χ2v) is 6.37. The second kappa shape index (κ2) is 7.06. The Morgan fingerprint density at radius 2 is 2.05 bits per heavy atom. The van der Waals surface area contributed by atoms with Crippen LogP contribution in [0.1, 0.15) is 53.3 Å². The summed E-state index contributed by atoms with van der Waals surface area (Å²) in [5.41, 5.74) is 1.33. The summed E-state index contributed by atoms with van der Waals surface area (Å²) in [6, 6.07) is 0.346. The molecule has 0 saturated heterocycles. The van der Waals surface area contributed by atoms with E-state index < -0.39 is 0 Å². The molecule has 0 aliphatic carbocycles. The maximum atomic E-state index is 5.61. The van der Waals surface area contributed by atoms with E-state index in [-0.39, 0.29) is 5.54 Å². The molecular formula is C15H29N3O. The number of aromatic nitrogens is 2. The smallest absolute Gasteiger partial charge is 0.0952 e. The first-order valence-corrected chi connectivity index (χ1v) is 7.18. The summed E-state index contributed by atoms with van der Waals surface area (Å²) in [4.78, 5) is 4.30. The van der Waals surface area contributed by atoms with Gasteiger partial charge >= 0.3 is 0 Å². The van der Waals surface area contributed by atoms with Crippen LogP contribution in [0.5, 0.6) is 0 Å². The van der Waals surface area contributed by atoms with Crippen molar-refractivity contribution in [3.63, 3.8) is 0 Å². The van der Waals surface area contributed by atoms with E-state index in [4.69, 9.17) is 4.74 Å². The van der Waals surface area contributed by atoms with E-state index in [1.165, 1.54) is 5.69 Å². The molecule has 0 aliphatic rings. The summed E-state index contributed by atoms with van der Waals surface area (Å²) in [6.45, 7) is 15.3. The van der Waals surface area contributed by atoms with Gasteiger partial charge < -0.3 is 14.6 Å². The summed E-state index contributed by atoms with van der Waals surface area (Å²) >= 11 is 0. The van der Waals surface area contributed by atoms with Crippen LogP contribution in [0.3, 0.4) is 0 Å². The lowest BCUT2D eigenvalue weighted by atomic mass is 10.0. The van der Waals surface area contributed by atoms with Gasteiger partial charge in [-0.25, -0.2) is 4.98 Å². The molecule has 0 fully saturated rings. The van der Waals surface area contributed by atoms with Crippen molar-refractivity contribution in [1.29, 1.82) is 0 Å². The molecule has 1 aromatic heterocycles. The van der Waals surface area contributed by atoms with Crippen LogP contribution < -0.4 is 5.32 Å². The minimum atomic E-state index is 0.113. The van der Waals surface area contributed by atoms with Crippen molar-refractivity contribution < 1.29 is 4.74 Å². The molecule has 1 N–H and O–H groups in total. The summed E-state index contributed by atoms with van der Waals surface area (Å²) in [6.07, 6.45) is 3.86. The number of nitrogens with one attached hydrogen (secondary N) is 1. The van der Waals surface area contributed by atoms with Crippen molar-refractivity contribution >= 4 is 0 Å². The maximum absolute atomic E-state index is 5.61. The molecule has 1 rings (SSSR count). The first-order valence-electron chi connectivity index (χ1n) is 7.18. The Bertz CT molecular complexity index is 366. The van der Waals surface area contributed by atoms with Crippen molar-refractivity contribution in [3.05, 3.63) is 18.2 Å². The van der Waals surface area contributed by atoms with E-state index in [0.29, 0.717) is 12.0 Å². The zero-order valence-electron chi connectivity index (χ0n) is 13.2. The Hall–Kier alpha value is -0.870. The largest absolute Gasteiger partial charge is 0.380 e. The average molecular weight is 267 g/mol. The quantitative estimate of drug-likeness (QED) is 0.825. The molecule has 4 heteroatoms. The summed E-state index contributed by atoms with van der Waals surface area (Å²) in [7, 11) is 0. The minimum absolute atomic E-state index is 0.113. The van der Waals surface area contributed by atoms with Gasteiger partial charge in [-0.15, -0.1) is 0 Å². The molecule has 0 saturated carbocycles. The number of ether oxygens (including phenoxy) is 1. The van der Waals surface area contributed by atoms with E-state index in [1.807, 2.05) is 19.4 Å². The third kappa shape index (κ3) is 5.33. The fourth-order valence-electron chi connectivity index (χ4n) is 1.96. The van der Waals surface area contributed by atoms with Crippen LogP contribution in [-0.2, 0) is 11.3 Å². The van der Waals surface area contributed by atoms with E-state index in [9.17, 15) is 0 Å². The molecule has 4 nitrogen and oxygen atoms in total. The predicted octanol–water partition coefficient (Wildman–Crippen LogP) is 3.00. The molecule has 19 heavy (non-hydrogen) atoms. The maximum Gasteiger partial charge on any atom is 0.0952 e. The van der Waals surface area contributed by atoms with Crippen molar-refractivity contribution in [1.82, 2.24) is 14.9 Å². The molecule has 1 atom stereocenters. The third-order valence-corrected chi connectivity index (χ3v) is 3.17. The van der Waals surface area contributed by atoms with Crippen molar-refractivity contribution in [2.45, 2.75) is 59.7 Å². The van der Waals surface area contributed by atoms with Gasteiger partial charge in [-0.2, -0.15) is 0 Å². The third-order valence-electron chi connectivity index (χ3n) is 3.17. The van der Waals surface area contributed by atoms with Gasteiger partial charge in [0.15, 0.2) is 0 Å². The van der Waals surface area contributed by atoms with Gasteiger partial charge in [0.25, 0.3) is 0 Å². The topological polar surface area (TPSA) is 39.1 Å². The van der Waals surface area contributed by atoms with Crippen LogP contribution in [0.25, 0.3) is 0 Å². The van der Waals surface area contributed by atoms with Gasteiger partial charge in [-0.1, -0.05) is 13.8 Å². The van der Waals surface area contributed by atoms with Crippen LogP contribution in [0.15, 0.2) is 12.5 Å². The van der Waals surface area contributed by atoms with Crippen molar-refractivity contribution in [2.24, 2.45) is 5.92 Å².